The fourth-order valence-corrected chi connectivity index (χ4v) is 2.38. The van der Waals surface area contributed by atoms with Gasteiger partial charge in [0, 0.05) is 23.1 Å². The number of ether oxygens (including phenoxy) is 1. The quantitative estimate of drug-likeness (QED) is 0.673. The van der Waals surface area contributed by atoms with Crippen LogP contribution in [-0.2, 0) is 20.7 Å². The van der Waals surface area contributed by atoms with Crippen LogP contribution in [0.15, 0.2) is 18.2 Å². The second-order valence-corrected chi connectivity index (χ2v) is 5.72. The van der Waals surface area contributed by atoms with E-state index in [0.29, 0.717) is 22.2 Å². The number of aliphatic carboxylic acids is 1. The highest BCUT2D eigenvalue weighted by molar-refractivity contribution is 6.34. The monoisotopic (exact) mass is 347 g/mol. The van der Waals surface area contributed by atoms with Crippen LogP contribution in [0.2, 0.25) is 10.0 Å². The zero-order valence-corrected chi connectivity index (χ0v) is 13.8. The summed E-state index contributed by atoms with van der Waals surface area (Å²) in [6.07, 6.45) is 1.92. The van der Waals surface area contributed by atoms with Crippen molar-refractivity contribution >= 4 is 35.1 Å². The number of benzene rings is 1. The molecule has 0 heterocycles. The van der Waals surface area contributed by atoms with Gasteiger partial charge < -0.3 is 15.2 Å². The van der Waals surface area contributed by atoms with E-state index in [2.05, 4.69) is 5.32 Å². The van der Waals surface area contributed by atoms with Crippen molar-refractivity contribution in [2.45, 2.75) is 32.2 Å². The number of amides is 1. The Hall–Kier alpha value is -1.30. The Labute approximate surface area is 139 Å². The third-order valence-electron chi connectivity index (χ3n) is 2.87. The maximum absolute atomic E-state index is 11.7. The predicted molar refractivity (Wildman–Crippen MR) is 85.5 cm³/mol. The second-order valence-electron chi connectivity index (χ2n) is 4.85. The molecule has 1 unspecified atom stereocenters. The Morgan fingerprint density at radius 1 is 1.27 bits per heavy atom. The van der Waals surface area contributed by atoms with Crippen LogP contribution in [0.1, 0.15) is 25.3 Å². The van der Waals surface area contributed by atoms with Crippen molar-refractivity contribution in [2.75, 3.05) is 13.2 Å². The average Bonchev–Trinajstić information content (AvgIpc) is 2.41. The number of carbonyl (C=O) groups is 2. The van der Waals surface area contributed by atoms with Crippen LogP contribution in [0.3, 0.4) is 0 Å². The minimum absolute atomic E-state index is 0.0936. The summed E-state index contributed by atoms with van der Waals surface area (Å²) in [6.45, 7) is 2.34. The van der Waals surface area contributed by atoms with Crippen LogP contribution in [0.4, 0.5) is 0 Å². The molecule has 0 aliphatic carbocycles. The van der Waals surface area contributed by atoms with Gasteiger partial charge in [0.25, 0.3) is 0 Å². The van der Waals surface area contributed by atoms with Crippen molar-refractivity contribution in [3.8, 4) is 0 Å². The van der Waals surface area contributed by atoms with Crippen LogP contribution in [0.25, 0.3) is 0 Å². The van der Waals surface area contributed by atoms with E-state index in [9.17, 15) is 14.7 Å². The van der Waals surface area contributed by atoms with Gasteiger partial charge in [0.2, 0.25) is 5.91 Å². The average molecular weight is 348 g/mol. The molecule has 1 rings (SSSR count). The molecule has 2 N–H and O–H groups in total. The number of carbonyl (C=O) groups excluding carboxylic acids is 1. The van der Waals surface area contributed by atoms with E-state index in [-0.39, 0.29) is 13.0 Å². The molecule has 1 atom stereocenters. The number of hydrogen-bond acceptors (Lipinski definition) is 3. The first-order chi connectivity index (χ1) is 10.4. The first kappa shape index (κ1) is 18.7. The van der Waals surface area contributed by atoms with Crippen LogP contribution < -0.4 is 5.32 Å². The van der Waals surface area contributed by atoms with Gasteiger partial charge in [-0.2, -0.15) is 0 Å². The second kappa shape index (κ2) is 9.66. The number of halogens is 2. The number of nitrogens with one attached hydrogen (secondary N) is 1. The molecule has 1 aromatic carbocycles. The van der Waals surface area contributed by atoms with Crippen LogP contribution in [-0.4, -0.2) is 36.2 Å². The molecule has 122 valence electrons. The molecule has 22 heavy (non-hydrogen) atoms. The molecule has 0 spiro atoms. The number of carboxylic acid groups (broad SMARTS) is 1. The molecule has 0 bridgehead atoms. The number of unbranched alkanes of at least 4 members (excludes halogenated alkanes) is 1. The standard InChI is InChI=1S/C15H19Cl2NO4/c1-2-3-4-22-9-14(19)18-13(15(20)21)7-10-5-11(16)8-12(17)6-10/h5-6,8,13H,2-4,7,9H2,1H3,(H,18,19)(H,20,21). The van der Waals surface area contributed by atoms with Gasteiger partial charge in [-0.3, -0.25) is 4.79 Å². The van der Waals surface area contributed by atoms with E-state index in [1.54, 1.807) is 18.2 Å². The minimum atomic E-state index is -1.13. The Morgan fingerprint density at radius 3 is 2.45 bits per heavy atom. The van der Waals surface area contributed by atoms with E-state index in [0.717, 1.165) is 12.8 Å². The molecule has 0 radical (unpaired) electrons. The number of carboxylic acids is 1. The summed E-state index contributed by atoms with van der Waals surface area (Å²) in [5, 5.41) is 12.5. The molecule has 0 saturated heterocycles. The molecule has 7 heteroatoms. The maximum atomic E-state index is 11.7. The summed E-state index contributed by atoms with van der Waals surface area (Å²) in [6, 6.07) is 3.74. The highest BCUT2D eigenvalue weighted by Crippen LogP contribution is 2.20. The van der Waals surface area contributed by atoms with Gasteiger partial charge in [0.05, 0.1) is 0 Å². The van der Waals surface area contributed by atoms with Crippen LogP contribution in [0.5, 0.6) is 0 Å². The van der Waals surface area contributed by atoms with E-state index in [1.165, 1.54) is 0 Å². The summed E-state index contributed by atoms with van der Waals surface area (Å²) in [5.41, 5.74) is 0.636. The fourth-order valence-electron chi connectivity index (χ4n) is 1.81. The molecule has 0 aliphatic heterocycles. The zero-order chi connectivity index (χ0) is 16.5. The smallest absolute Gasteiger partial charge is 0.326 e. The van der Waals surface area contributed by atoms with Crippen LogP contribution in [0, 0.1) is 0 Å². The molecule has 1 amide bonds. The Morgan fingerprint density at radius 2 is 1.91 bits per heavy atom. The lowest BCUT2D eigenvalue weighted by atomic mass is 10.1. The van der Waals surface area contributed by atoms with Gasteiger partial charge >= 0.3 is 5.97 Å². The molecule has 0 aliphatic rings. The van der Waals surface area contributed by atoms with Crippen LogP contribution >= 0.6 is 23.2 Å². The molecule has 0 fully saturated rings. The first-order valence-electron chi connectivity index (χ1n) is 6.97. The molecule has 5 nitrogen and oxygen atoms in total. The zero-order valence-electron chi connectivity index (χ0n) is 12.3. The van der Waals surface area contributed by atoms with Crippen molar-refractivity contribution in [1.82, 2.24) is 5.32 Å². The van der Waals surface area contributed by atoms with Gasteiger partial charge in [-0.15, -0.1) is 0 Å². The SMILES string of the molecule is CCCCOCC(=O)NC(Cc1cc(Cl)cc(Cl)c1)C(=O)O. The van der Waals surface area contributed by atoms with E-state index in [4.69, 9.17) is 27.9 Å². The van der Waals surface area contributed by atoms with Gasteiger partial charge in [-0.25, -0.2) is 4.79 Å². The largest absolute Gasteiger partial charge is 0.480 e. The van der Waals surface area contributed by atoms with Crippen molar-refractivity contribution in [2.24, 2.45) is 0 Å². The Balaban J connectivity index is 2.58. The third-order valence-corrected chi connectivity index (χ3v) is 3.31. The fraction of sp³-hybridized carbons (Fsp3) is 0.467. The highest BCUT2D eigenvalue weighted by Gasteiger charge is 2.20. The summed E-state index contributed by atoms with van der Waals surface area (Å²) >= 11 is 11.8. The number of hydrogen-bond donors (Lipinski definition) is 2. The van der Waals surface area contributed by atoms with Gasteiger partial charge in [-0.1, -0.05) is 36.5 Å². The van der Waals surface area contributed by atoms with E-state index >= 15 is 0 Å². The van der Waals surface area contributed by atoms with Gasteiger partial charge in [-0.05, 0) is 30.2 Å². The maximum Gasteiger partial charge on any atom is 0.326 e. The van der Waals surface area contributed by atoms with Crippen molar-refractivity contribution in [3.63, 3.8) is 0 Å². The summed E-state index contributed by atoms with van der Waals surface area (Å²) in [7, 11) is 0. The Bertz CT molecular complexity index is 502. The van der Waals surface area contributed by atoms with Crippen molar-refractivity contribution in [3.05, 3.63) is 33.8 Å². The van der Waals surface area contributed by atoms with Gasteiger partial charge in [0.1, 0.15) is 12.6 Å². The van der Waals surface area contributed by atoms with E-state index in [1.807, 2.05) is 6.92 Å². The highest BCUT2D eigenvalue weighted by atomic mass is 35.5. The molecule has 0 saturated carbocycles. The summed E-state index contributed by atoms with van der Waals surface area (Å²) in [5.74, 6) is -1.59. The lowest BCUT2D eigenvalue weighted by Gasteiger charge is -2.15. The molecule has 0 aromatic heterocycles. The first-order valence-corrected chi connectivity index (χ1v) is 7.72. The lowest BCUT2D eigenvalue weighted by Crippen LogP contribution is -2.43. The molecular formula is C15H19Cl2NO4. The normalized spacial score (nSPS) is 12.0. The number of rotatable bonds is 9. The lowest BCUT2D eigenvalue weighted by molar-refractivity contribution is -0.142. The summed E-state index contributed by atoms with van der Waals surface area (Å²) < 4.78 is 5.16. The van der Waals surface area contributed by atoms with E-state index < -0.39 is 17.9 Å². The van der Waals surface area contributed by atoms with Gasteiger partial charge in [0.15, 0.2) is 0 Å². The minimum Gasteiger partial charge on any atom is -0.480 e. The van der Waals surface area contributed by atoms with Crippen molar-refractivity contribution < 1.29 is 19.4 Å². The topological polar surface area (TPSA) is 75.6 Å². The third kappa shape index (κ3) is 7.11. The molecular weight excluding hydrogens is 329 g/mol. The Kier molecular flexibility index (Phi) is 8.24. The van der Waals surface area contributed by atoms with Crippen molar-refractivity contribution in [1.29, 1.82) is 0 Å². The molecule has 1 aromatic rings. The summed E-state index contributed by atoms with van der Waals surface area (Å²) in [4.78, 5) is 23.0. The predicted octanol–water partition coefficient (Wildman–Crippen LogP) is 2.92.